The molecule has 0 aromatic heterocycles. The summed E-state index contributed by atoms with van der Waals surface area (Å²) >= 11 is 0. The van der Waals surface area contributed by atoms with Gasteiger partial charge in [-0.05, 0) is 25.3 Å². The predicted molar refractivity (Wildman–Crippen MR) is 77.0 cm³/mol. The Morgan fingerprint density at radius 1 is 1.21 bits per heavy atom. The van der Waals surface area contributed by atoms with Gasteiger partial charge in [-0.15, -0.1) is 0 Å². The Balaban J connectivity index is 2.23. The van der Waals surface area contributed by atoms with Gasteiger partial charge in [0, 0.05) is 11.5 Å². The molecule has 1 aliphatic rings. The van der Waals surface area contributed by atoms with Crippen LogP contribution in [0.4, 0.5) is 0 Å². The van der Waals surface area contributed by atoms with Crippen LogP contribution in [0.3, 0.4) is 0 Å². The van der Waals surface area contributed by atoms with E-state index in [2.05, 4.69) is 30.3 Å². The standard InChI is InChI=1S/C17H22O2/c1-2-19-16(18)11-14-17(12-7-4-8-13-17)15-9-5-3-6-10-15/h3,5-6,9-11,14H,2,4,7-8,12-13H2,1H3/b14-11+. The molecule has 102 valence electrons. The molecule has 0 radical (unpaired) electrons. The van der Waals surface area contributed by atoms with Gasteiger partial charge in [-0.3, -0.25) is 0 Å². The lowest BCUT2D eigenvalue weighted by Crippen LogP contribution is -2.27. The van der Waals surface area contributed by atoms with E-state index in [1.807, 2.05) is 13.0 Å². The van der Waals surface area contributed by atoms with Gasteiger partial charge in [-0.1, -0.05) is 55.7 Å². The highest BCUT2D eigenvalue weighted by Gasteiger charge is 2.31. The van der Waals surface area contributed by atoms with Gasteiger partial charge in [-0.25, -0.2) is 4.79 Å². The first-order valence-electron chi connectivity index (χ1n) is 7.18. The van der Waals surface area contributed by atoms with Crippen molar-refractivity contribution in [1.82, 2.24) is 0 Å². The minimum Gasteiger partial charge on any atom is -0.463 e. The zero-order valence-electron chi connectivity index (χ0n) is 11.6. The molecular weight excluding hydrogens is 236 g/mol. The number of carbonyl (C=O) groups is 1. The first-order valence-corrected chi connectivity index (χ1v) is 7.18. The zero-order valence-corrected chi connectivity index (χ0v) is 11.6. The van der Waals surface area contributed by atoms with E-state index in [1.165, 1.54) is 24.8 Å². The van der Waals surface area contributed by atoms with E-state index in [1.54, 1.807) is 6.08 Å². The summed E-state index contributed by atoms with van der Waals surface area (Å²) in [5, 5.41) is 0. The van der Waals surface area contributed by atoms with E-state index in [0.29, 0.717) is 6.61 Å². The third kappa shape index (κ3) is 3.46. The number of hydrogen-bond acceptors (Lipinski definition) is 2. The minimum atomic E-state index is -0.233. The second-order valence-electron chi connectivity index (χ2n) is 5.17. The van der Waals surface area contributed by atoms with Crippen LogP contribution in [-0.2, 0) is 14.9 Å². The van der Waals surface area contributed by atoms with Crippen molar-refractivity contribution in [2.45, 2.75) is 44.4 Å². The molecular formula is C17H22O2. The van der Waals surface area contributed by atoms with E-state index in [-0.39, 0.29) is 11.4 Å². The lowest BCUT2D eigenvalue weighted by atomic mass is 9.69. The normalized spacial score (nSPS) is 18.4. The van der Waals surface area contributed by atoms with Crippen LogP contribution < -0.4 is 0 Å². The van der Waals surface area contributed by atoms with Crippen molar-refractivity contribution in [1.29, 1.82) is 0 Å². The molecule has 2 nitrogen and oxygen atoms in total. The number of allylic oxidation sites excluding steroid dienone is 1. The maximum atomic E-state index is 11.6. The number of carbonyl (C=O) groups excluding carboxylic acids is 1. The molecule has 0 heterocycles. The average Bonchev–Trinajstić information content (AvgIpc) is 2.47. The van der Waals surface area contributed by atoms with Crippen LogP contribution in [-0.4, -0.2) is 12.6 Å². The van der Waals surface area contributed by atoms with Crippen molar-refractivity contribution in [2.24, 2.45) is 0 Å². The van der Waals surface area contributed by atoms with Crippen LogP contribution in [0, 0.1) is 0 Å². The number of esters is 1. The summed E-state index contributed by atoms with van der Waals surface area (Å²) in [4.78, 5) is 11.6. The Hall–Kier alpha value is -1.57. The molecule has 1 aromatic carbocycles. The van der Waals surface area contributed by atoms with Crippen LogP contribution in [0.2, 0.25) is 0 Å². The molecule has 1 aliphatic carbocycles. The second-order valence-corrected chi connectivity index (χ2v) is 5.17. The van der Waals surface area contributed by atoms with Crippen LogP contribution in [0.5, 0.6) is 0 Å². The summed E-state index contributed by atoms with van der Waals surface area (Å²) in [6.07, 6.45) is 9.66. The minimum absolute atomic E-state index is 0.0201. The zero-order chi connectivity index (χ0) is 13.6. The lowest BCUT2D eigenvalue weighted by molar-refractivity contribution is -0.137. The van der Waals surface area contributed by atoms with Gasteiger partial charge in [-0.2, -0.15) is 0 Å². The second kappa shape index (κ2) is 6.55. The fourth-order valence-electron chi connectivity index (χ4n) is 2.92. The molecule has 2 rings (SSSR count). The van der Waals surface area contributed by atoms with Crippen molar-refractivity contribution in [3.05, 3.63) is 48.0 Å². The molecule has 0 N–H and O–H groups in total. The molecule has 0 unspecified atom stereocenters. The molecule has 1 saturated carbocycles. The summed E-state index contributed by atoms with van der Waals surface area (Å²) in [7, 11) is 0. The summed E-state index contributed by atoms with van der Waals surface area (Å²) in [6, 6.07) is 10.5. The summed E-state index contributed by atoms with van der Waals surface area (Å²) < 4.78 is 4.99. The summed E-state index contributed by atoms with van der Waals surface area (Å²) in [5.41, 5.74) is 1.34. The lowest BCUT2D eigenvalue weighted by Gasteiger charge is -2.35. The molecule has 0 bridgehead atoms. The van der Waals surface area contributed by atoms with Crippen LogP contribution in [0.25, 0.3) is 0 Å². The van der Waals surface area contributed by atoms with Crippen molar-refractivity contribution in [3.8, 4) is 0 Å². The van der Waals surface area contributed by atoms with E-state index in [0.717, 1.165) is 12.8 Å². The number of hydrogen-bond donors (Lipinski definition) is 0. The van der Waals surface area contributed by atoms with Gasteiger partial charge in [0.1, 0.15) is 0 Å². The van der Waals surface area contributed by atoms with E-state index in [4.69, 9.17) is 4.74 Å². The van der Waals surface area contributed by atoms with E-state index >= 15 is 0 Å². The molecule has 0 saturated heterocycles. The number of benzene rings is 1. The van der Waals surface area contributed by atoms with E-state index < -0.39 is 0 Å². The topological polar surface area (TPSA) is 26.3 Å². The third-order valence-electron chi connectivity index (χ3n) is 3.92. The highest BCUT2D eigenvalue weighted by molar-refractivity contribution is 5.82. The Morgan fingerprint density at radius 3 is 2.53 bits per heavy atom. The molecule has 0 aliphatic heterocycles. The fourth-order valence-corrected chi connectivity index (χ4v) is 2.92. The maximum Gasteiger partial charge on any atom is 0.330 e. The largest absolute Gasteiger partial charge is 0.463 e. The smallest absolute Gasteiger partial charge is 0.330 e. The first-order chi connectivity index (χ1) is 9.27. The molecule has 1 aromatic rings. The highest BCUT2D eigenvalue weighted by atomic mass is 16.5. The van der Waals surface area contributed by atoms with E-state index in [9.17, 15) is 4.79 Å². The van der Waals surface area contributed by atoms with Gasteiger partial charge < -0.3 is 4.74 Å². The van der Waals surface area contributed by atoms with Gasteiger partial charge in [0.25, 0.3) is 0 Å². The van der Waals surface area contributed by atoms with Gasteiger partial charge in [0.05, 0.1) is 6.61 Å². The van der Waals surface area contributed by atoms with Gasteiger partial charge >= 0.3 is 5.97 Å². The molecule has 0 amide bonds. The monoisotopic (exact) mass is 258 g/mol. The molecule has 0 atom stereocenters. The fraction of sp³-hybridized carbons (Fsp3) is 0.471. The quantitative estimate of drug-likeness (QED) is 0.602. The van der Waals surface area contributed by atoms with Crippen molar-refractivity contribution in [3.63, 3.8) is 0 Å². The third-order valence-corrected chi connectivity index (χ3v) is 3.92. The van der Waals surface area contributed by atoms with Crippen LogP contribution in [0.1, 0.15) is 44.6 Å². The van der Waals surface area contributed by atoms with Crippen LogP contribution >= 0.6 is 0 Å². The Labute approximate surface area is 115 Å². The Kier molecular flexibility index (Phi) is 4.78. The van der Waals surface area contributed by atoms with Crippen molar-refractivity contribution >= 4 is 5.97 Å². The van der Waals surface area contributed by atoms with Crippen LogP contribution in [0.15, 0.2) is 42.5 Å². The summed E-state index contributed by atoms with van der Waals surface area (Å²) in [5.74, 6) is -0.233. The number of ether oxygens (including phenoxy) is 1. The first kappa shape index (κ1) is 13.9. The van der Waals surface area contributed by atoms with Crippen molar-refractivity contribution in [2.75, 3.05) is 6.61 Å². The number of rotatable bonds is 4. The Bertz CT molecular complexity index is 428. The SMILES string of the molecule is CCOC(=O)/C=C/C1(c2ccccc2)CCCCC1. The summed E-state index contributed by atoms with van der Waals surface area (Å²) in [6.45, 7) is 2.26. The predicted octanol–water partition coefficient (Wildman–Crippen LogP) is 4.01. The molecule has 1 fully saturated rings. The van der Waals surface area contributed by atoms with Crippen molar-refractivity contribution < 1.29 is 9.53 Å². The average molecular weight is 258 g/mol. The molecule has 2 heteroatoms. The highest BCUT2D eigenvalue weighted by Crippen LogP contribution is 2.40. The molecule has 19 heavy (non-hydrogen) atoms. The Morgan fingerprint density at radius 2 is 1.89 bits per heavy atom. The maximum absolute atomic E-state index is 11.6. The molecule has 0 spiro atoms. The van der Waals surface area contributed by atoms with Gasteiger partial charge in [0.2, 0.25) is 0 Å². The van der Waals surface area contributed by atoms with Gasteiger partial charge in [0.15, 0.2) is 0 Å².